The smallest absolute Gasteiger partial charge is 0.288 e. The van der Waals surface area contributed by atoms with Gasteiger partial charge < -0.3 is 15.8 Å². The summed E-state index contributed by atoms with van der Waals surface area (Å²) in [6.07, 6.45) is 0.289. The summed E-state index contributed by atoms with van der Waals surface area (Å²) in [7, 11) is 0. The number of ether oxygens (including phenoxy) is 1. The number of aliphatic imine (C=N–C) groups is 1. The molecule has 2 heterocycles. The van der Waals surface area contributed by atoms with Gasteiger partial charge in [0.2, 0.25) is 0 Å². The highest BCUT2D eigenvalue weighted by atomic mass is 19.3. The number of alkyl halides is 4. The van der Waals surface area contributed by atoms with Crippen LogP contribution in [0.5, 0.6) is 0 Å². The van der Waals surface area contributed by atoms with E-state index in [2.05, 4.69) is 20.3 Å². The third-order valence-corrected chi connectivity index (χ3v) is 5.91. The van der Waals surface area contributed by atoms with E-state index in [1.54, 1.807) is 0 Å². The third-order valence-electron chi connectivity index (χ3n) is 5.91. The molecule has 1 aliphatic carbocycles. The highest BCUT2D eigenvalue weighted by Gasteiger charge is 2.62. The van der Waals surface area contributed by atoms with Gasteiger partial charge in [-0.25, -0.2) is 23.1 Å². The summed E-state index contributed by atoms with van der Waals surface area (Å²) in [5.74, 6) is -9.49. The van der Waals surface area contributed by atoms with Crippen molar-refractivity contribution >= 4 is 17.6 Å². The van der Waals surface area contributed by atoms with E-state index in [1.807, 2.05) is 0 Å². The monoisotopic (exact) mass is 469 g/mol. The number of fused-ring (bicyclic) bond motifs is 1. The Balaban J connectivity index is 1.65. The Bertz CT molecular complexity index is 1120. The average molecular weight is 469 g/mol. The van der Waals surface area contributed by atoms with Gasteiger partial charge in [0.15, 0.2) is 0 Å². The van der Waals surface area contributed by atoms with E-state index in [0.29, 0.717) is 6.92 Å². The molecular weight excluding hydrogens is 449 g/mol. The molecule has 1 fully saturated rings. The fourth-order valence-corrected chi connectivity index (χ4v) is 4.39. The lowest BCUT2D eigenvalue weighted by Gasteiger charge is -2.41. The van der Waals surface area contributed by atoms with Crippen molar-refractivity contribution in [3.63, 3.8) is 0 Å². The van der Waals surface area contributed by atoms with Gasteiger partial charge in [-0.05, 0) is 31.5 Å². The second-order valence-corrected chi connectivity index (χ2v) is 8.36. The molecule has 1 aliphatic heterocycles. The molecule has 1 aromatic heterocycles. The normalized spacial score (nSPS) is 26.2. The fourth-order valence-electron chi connectivity index (χ4n) is 4.39. The fraction of sp³-hybridized carbons (Fsp3) is 0.429. The van der Waals surface area contributed by atoms with E-state index in [0.717, 1.165) is 18.5 Å². The quantitative estimate of drug-likeness (QED) is 0.660. The summed E-state index contributed by atoms with van der Waals surface area (Å²) in [5, 5.41) is 2.44. The molecule has 2 aromatic rings. The van der Waals surface area contributed by atoms with Gasteiger partial charge in [-0.15, -0.1) is 0 Å². The predicted octanol–water partition coefficient (Wildman–Crippen LogP) is 3.95. The summed E-state index contributed by atoms with van der Waals surface area (Å²) in [5.41, 5.74) is 2.92. The Hall–Kier alpha value is -3.31. The molecule has 3 atom stereocenters. The third kappa shape index (κ3) is 4.09. The van der Waals surface area contributed by atoms with Crippen LogP contribution >= 0.6 is 0 Å². The van der Waals surface area contributed by atoms with Crippen LogP contribution in [0.1, 0.15) is 48.4 Å². The van der Waals surface area contributed by atoms with Crippen molar-refractivity contribution in [3.8, 4) is 0 Å². The summed E-state index contributed by atoms with van der Waals surface area (Å²) >= 11 is 0. The molecule has 1 amide bonds. The van der Waals surface area contributed by atoms with Crippen LogP contribution in [0.3, 0.4) is 0 Å². The number of aromatic nitrogens is 2. The minimum atomic E-state index is -3.23. The number of hydrogen-bond donors (Lipinski definition) is 2. The standard InChI is InChI=1S/C21H20F5N5O2/c1-19(16-14(33-18(27)31-19)5-6-21(16,25)26)11-7-10(3-4-12(11)22)30-17(32)13-8-29-15(9-28-13)20(2,23)24/h3-4,7-9,14,16H,5-6H2,1-2H3,(H2,27,31)(H,30,32)/t14-,16+,19-/m1/s1. The first-order valence-corrected chi connectivity index (χ1v) is 10.0. The van der Waals surface area contributed by atoms with Crippen LogP contribution in [0, 0.1) is 11.7 Å². The zero-order valence-electron chi connectivity index (χ0n) is 17.6. The molecule has 0 spiro atoms. The van der Waals surface area contributed by atoms with Gasteiger partial charge in [0.05, 0.1) is 18.3 Å². The SMILES string of the molecule is CC(F)(F)c1cnc(C(=O)Nc2ccc(F)c([C@@]3(C)N=C(N)O[C@@H]4CCC(F)(F)[C@@H]43)c2)cn1. The molecule has 33 heavy (non-hydrogen) atoms. The van der Waals surface area contributed by atoms with Crippen molar-refractivity contribution in [2.45, 2.75) is 50.2 Å². The van der Waals surface area contributed by atoms with Gasteiger partial charge in [0.1, 0.15) is 28.8 Å². The molecule has 1 aromatic carbocycles. The van der Waals surface area contributed by atoms with Gasteiger partial charge >= 0.3 is 0 Å². The molecule has 0 bridgehead atoms. The number of nitrogens with zero attached hydrogens (tertiary/aromatic N) is 3. The molecular formula is C21H20F5N5O2. The number of amides is 1. The van der Waals surface area contributed by atoms with Crippen molar-refractivity contribution in [2.75, 3.05) is 5.32 Å². The number of rotatable bonds is 4. The van der Waals surface area contributed by atoms with Gasteiger partial charge in [0, 0.05) is 24.6 Å². The number of nitrogens with two attached hydrogens (primary N) is 1. The minimum Gasteiger partial charge on any atom is -0.461 e. The molecule has 0 saturated heterocycles. The first kappa shape index (κ1) is 22.9. The molecule has 4 rings (SSSR count). The van der Waals surface area contributed by atoms with E-state index < -0.39 is 53.2 Å². The number of anilines is 1. The topological polar surface area (TPSA) is 102 Å². The largest absolute Gasteiger partial charge is 0.461 e. The number of benzene rings is 1. The summed E-state index contributed by atoms with van der Waals surface area (Å²) < 4.78 is 76.1. The zero-order valence-corrected chi connectivity index (χ0v) is 17.6. The van der Waals surface area contributed by atoms with Crippen LogP contribution in [0.15, 0.2) is 35.6 Å². The molecule has 7 nitrogen and oxygen atoms in total. The number of carbonyl (C=O) groups is 1. The van der Waals surface area contributed by atoms with Gasteiger partial charge in [-0.3, -0.25) is 9.78 Å². The number of nitrogens with one attached hydrogen (secondary N) is 1. The average Bonchev–Trinajstić information content (AvgIpc) is 3.03. The van der Waals surface area contributed by atoms with E-state index in [4.69, 9.17) is 10.5 Å². The molecule has 12 heteroatoms. The summed E-state index contributed by atoms with van der Waals surface area (Å²) in [6, 6.07) is 3.08. The Morgan fingerprint density at radius 2 is 2.00 bits per heavy atom. The molecule has 0 unspecified atom stereocenters. The number of halogens is 5. The Labute approximate surface area is 185 Å². The number of carbonyl (C=O) groups excluding carboxylic acids is 1. The van der Waals surface area contributed by atoms with Crippen LogP contribution in [0.25, 0.3) is 0 Å². The molecule has 0 radical (unpaired) electrons. The first-order valence-electron chi connectivity index (χ1n) is 10.0. The maximum Gasteiger partial charge on any atom is 0.288 e. The molecule has 3 N–H and O–H groups in total. The minimum absolute atomic E-state index is 0.0347. The van der Waals surface area contributed by atoms with Crippen molar-refractivity contribution in [1.82, 2.24) is 9.97 Å². The van der Waals surface area contributed by atoms with Crippen molar-refractivity contribution < 1.29 is 31.5 Å². The van der Waals surface area contributed by atoms with Crippen molar-refractivity contribution in [3.05, 3.63) is 53.4 Å². The van der Waals surface area contributed by atoms with Gasteiger partial charge in [0.25, 0.3) is 23.8 Å². The van der Waals surface area contributed by atoms with Crippen LogP contribution in [0.4, 0.5) is 27.6 Å². The maximum absolute atomic E-state index is 14.9. The summed E-state index contributed by atoms with van der Waals surface area (Å²) in [4.78, 5) is 23.7. The highest BCUT2D eigenvalue weighted by molar-refractivity contribution is 6.02. The van der Waals surface area contributed by atoms with Gasteiger partial charge in [-0.2, -0.15) is 8.78 Å². The van der Waals surface area contributed by atoms with E-state index in [1.165, 1.54) is 19.1 Å². The number of hydrogen-bond acceptors (Lipinski definition) is 6. The Kier molecular flexibility index (Phi) is 5.29. The zero-order chi connectivity index (χ0) is 24.2. The van der Waals surface area contributed by atoms with Crippen molar-refractivity contribution in [1.29, 1.82) is 0 Å². The molecule has 1 saturated carbocycles. The van der Waals surface area contributed by atoms with E-state index in [9.17, 15) is 26.7 Å². The first-order chi connectivity index (χ1) is 15.3. The predicted molar refractivity (Wildman–Crippen MR) is 107 cm³/mol. The van der Waals surface area contributed by atoms with E-state index in [-0.39, 0.29) is 29.4 Å². The lowest BCUT2D eigenvalue weighted by atomic mass is 9.75. The molecule has 176 valence electrons. The lowest BCUT2D eigenvalue weighted by Crippen LogP contribution is -2.51. The second kappa shape index (κ2) is 7.63. The second-order valence-electron chi connectivity index (χ2n) is 8.36. The van der Waals surface area contributed by atoms with Crippen LogP contribution in [-0.4, -0.2) is 33.9 Å². The maximum atomic E-state index is 14.9. The molecule has 2 aliphatic rings. The Morgan fingerprint density at radius 3 is 2.64 bits per heavy atom. The van der Waals surface area contributed by atoms with Crippen LogP contribution in [0.2, 0.25) is 0 Å². The summed E-state index contributed by atoms with van der Waals surface area (Å²) in [6.45, 7) is 1.99. The Morgan fingerprint density at radius 1 is 1.27 bits per heavy atom. The van der Waals surface area contributed by atoms with E-state index >= 15 is 0 Å². The lowest BCUT2D eigenvalue weighted by molar-refractivity contribution is -0.0961. The van der Waals surface area contributed by atoms with Crippen molar-refractivity contribution in [2.24, 2.45) is 16.6 Å². The van der Waals surface area contributed by atoms with Crippen LogP contribution in [-0.2, 0) is 16.2 Å². The van der Waals surface area contributed by atoms with Gasteiger partial charge in [-0.1, -0.05) is 0 Å². The number of amidine groups is 1. The highest BCUT2D eigenvalue weighted by Crippen LogP contribution is 2.54. The van der Waals surface area contributed by atoms with Crippen LogP contribution < -0.4 is 11.1 Å².